The molecule has 1 amide bonds. The molecule has 0 spiro atoms. The molecule has 0 aromatic heterocycles. The topological polar surface area (TPSA) is 108 Å². The van der Waals surface area contributed by atoms with Crippen LogP contribution in [0.15, 0.2) is 47.6 Å². The molecule has 0 aliphatic rings. The Balaban J connectivity index is 2.01. The second-order valence-electron chi connectivity index (χ2n) is 4.85. The van der Waals surface area contributed by atoms with E-state index in [0.29, 0.717) is 11.1 Å². The summed E-state index contributed by atoms with van der Waals surface area (Å²) in [7, 11) is 0. The Morgan fingerprint density at radius 2 is 2.00 bits per heavy atom. The Hall–Kier alpha value is -2.87. The summed E-state index contributed by atoms with van der Waals surface area (Å²) in [6.07, 6.45) is 2.73. The van der Waals surface area contributed by atoms with Crippen molar-refractivity contribution in [3.8, 4) is 17.2 Å². The molecule has 0 heterocycles. The van der Waals surface area contributed by atoms with Gasteiger partial charge in [-0.2, -0.15) is 5.10 Å². The molecule has 0 aliphatic carbocycles. The molecule has 8 heteroatoms. The number of benzene rings is 2. The number of nitrogens with one attached hydrogen (secondary N) is 1. The fourth-order valence-electron chi connectivity index (χ4n) is 1.89. The maximum atomic E-state index is 11.8. The van der Waals surface area contributed by atoms with Gasteiger partial charge >= 0.3 is 0 Å². The molecule has 0 fully saturated rings. The summed E-state index contributed by atoms with van der Waals surface area (Å²) in [4.78, 5) is 11.8. The number of phenols is 2. The zero-order valence-electron chi connectivity index (χ0n) is 12.8. The van der Waals surface area contributed by atoms with Gasteiger partial charge in [-0.1, -0.05) is 12.1 Å². The molecule has 0 radical (unpaired) electrons. The van der Waals surface area contributed by atoms with Gasteiger partial charge in [0.25, 0.3) is 0 Å². The molecule has 0 saturated heterocycles. The summed E-state index contributed by atoms with van der Waals surface area (Å²) in [6, 6.07) is 10.6. The van der Waals surface area contributed by atoms with Crippen molar-refractivity contribution in [2.24, 2.45) is 5.10 Å². The molecular weight excluding hydrogens is 332 g/mol. The van der Waals surface area contributed by atoms with Crippen LogP contribution in [0.4, 0.5) is 0 Å². The number of hydrazone groups is 1. The van der Waals surface area contributed by atoms with Crippen molar-refractivity contribution in [2.45, 2.75) is 6.42 Å². The molecule has 24 heavy (non-hydrogen) atoms. The standard InChI is InChI=1S/C16H16N2O5S/c1-24(22)23-15-9-14(20)6-5-12(15)10-17-18-16(21)8-11-3-2-4-13(19)7-11/h2-7,9-10,19-20H,8H2,1H3,(H,18,21)/b17-10+. The van der Waals surface area contributed by atoms with Gasteiger partial charge in [0.2, 0.25) is 17.0 Å². The predicted molar refractivity (Wildman–Crippen MR) is 90.3 cm³/mol. The molecule has 1 unspecified atom stereocenters. The van der Waals surface area contributed by atoms with E-state index in [2.05, 4.69) is 10.5 Å². The van der Waals surface area contributed by atoms with Crippen LogP contribution in [0, 0.1) is 0 Å². The number of carbonyl (C=O) groups excluding carboxylic acids is 1. The second kappa shape index (κ2) is 8.11. The molecular formula is C16H16N2O5S. The van der Waals surface area contributed by atoms with Crippen molar-refractivity contribution in [1.82, 2.24) is 5.43 Å². The molecule has 0 bridgehead atoms. The number of carbonyl (C=O) groups is 1. The van der Waals surface area contributed by atoms with Crippen LogP contribution >= 0.6 is 0 Å². The normalized spacial score (nSPS) is 12.0. The van der Waals surface area contributed by atoms with Crippen molar-refractivity contribution in [2.75, 3.05) is 6.26 Å². The zero-order chi connectivity index (χ0) is 17.5. The number of hydrogen-bond acceptors (Lipinski definition) is 6. The molecule has 2 aromatic carbocycles. The highest BCUT2D eigenvalue weighted by Crippen LogP contribution is 2.23. The average molecular weight is 348 g/mol. The Bertz CT molecular complexity index is 792. The molecule has 0 aliphatic heterocycles. The van der Waals surface area contributed by atoms with E-state index in [1.807, 2.05) is 0 Å². The lowest BCUT2D eigenvalue weighted by molar-refractivity contribution is -0.120. The SMILES string of the molecule is CS(=O)Oc1cc(O)ccc1/C=N/NC(=O)Cc1cccc(O)c1. The van der Waals surface area contributed by atoms with Crippen LogP contribution in [0.25, 0.3) is 0 Å². The van der Waals surface area contributed by atoms with Gasteiger partial charge in [-0.25, -0.2) is 9.63 Å². The van der Waals surface area contributed by atoms with Gasteiger partial charge in [-0.15, -0.1) is 0 Å². The van der Waals surface area contributed by atoms with Crippen LogP contribution in [-0.4, -0.2) is 32.8 Å². The number of aromatic hydroxyl groups is 2. The lowest BCUT2D eigenvalue weighted by atomic mass is 10.1. The minimum atomic E-state index is -1.56. The lowest BCUT2D eigenvalue weighted by Crippen LogP contribution is -2.19. The first-order valence-electron chi connectivity index (χ1n) is 6.88. The van der Waals surface area contributed by atoms with Crippen molar-refractivity contribution in [3.63, 3.8) is 0 Å². The minimum Gasteiger partial charge on any atom is -0.508 e. The van der Waals surface area contributed by atoms with E-state index in [-0.39, 0.29) is 29.6 Å². The highest BCUT2D eigenvalue weighted by molar-refractivity contribution is 7.79. The van der Waals surface area contributed by atoms with Gasteiger partial charge < -0.3 is 14.4 Å². The molecule has 126 valence electrons. The second-order valence-corrected chi connectivity index (χ2v) is 5.82. The minimum absolute atomic E-state index is 0.0412. The summed E-state index contributed by atoms with van der Waals surface area (Å²) in [5, 5.41) is 22.6. The third-order valence-corrected chi connectivity index (χ3v) is 3.29. The first-order chi connectivity index (χ1) is 11.4. The number of nitrogens with zero attached hydrogens (tertiary/aromatic N) is 1. The Morgan fingerprint density at radius 1 is 1.25 bits per heavy atom. The Morgan fingerprint density at radius 3 is 2.71 bits per heavy atom. The van der Waals surface area contributed by atoms with E-state index >= 15 is 0 Å². The summed E-state index contributed by atoms with van der Waals surface area (Å²) in [5.41, 5.74) is 3.44. The largest absolute Gasteiger partial charge is 0.508 e. The van der Waals surface area contributed by atoms with E-state index in [4.69, 9.17) is 4.18 Å². The van der Waals surface area contributed by atoms with Gasteiger partial charge in [0.05, 0.1) is 12.6 Å². The molecule has 7 nitrogen and oxygen atoms in total. The molecule has 2 aromatic rings. The van der Waals surface area contributed by atoms with Gasteiger partial charge in [0, 0.05) is 17.9 Å². The van der Waals surface area contributed by atoms with E-state index in [9.17, 15) is 19.2 Å². The van der Waals surface area contributed by atoms with Crippen molar-refractivity contribution >= 4 is 23.2 Å². The van der Waals surface area contributed by atoms with Crippen molar-refractivity contribution in [1.29, 1.82) is 0 Å². The maximum absolute atomic E-state index is 11.8. The Labute approximate surface area is 141 Å². The smallest absolute Gasteiger partial charge is 0.244 e. The van der Waals surface area contributed by atoms with Crippen LogP contribution in [0.2, 0.25) is 0 Å². The first kappa shape index (κ1) is 17.5. The third-order valence-electron chi connectivity index (χ3n) is 2.87. The number of amides is 1. The quantitative estimate of drug-likeness (QED) is 0.541. The van der Waals surface area contributed by atoms with Crippen molar-refractivity contribution in [3.05, 3.63) is 53.6 Å². The summed E-state index contributed by atoms with van der Waals surface area (Å²) < 4.78 is 16.2. The molecule has 1 atom stereocenters. The van der Waals surface area contributed by atoms with Gasteiger partial charge in [-0.05, 0) is 29.8 Å². The third kappa shape index (κ3) is 5.40. The van der Waals surface area contributed by atoms with Gasteiger partial charge in [-0.3, -0.25) is 4.79 Å². The van der Waals surface area contributed by atoms with Crippen LogP contribution in [-0.2, 0) is 22.3 Å². The van der Waals surface area contributed by atoms with Gasteiger partial charge in [0.1, 0.15) is 11.5 Å². The Kier molecular flexibility index (Phi) is 5.91. The summed E-state index contributed by atoms with van der Waals surface area (Å²) in [6.45, 7) is 0. The van der Waals surface area contributed by atoms with Crippen molar-refractivity contribution < 1.29 is 23.4 Å². The monoisotopic (exact) mass is 348 g/mol. The van der Waals surface area contributed by atoms with Gasteiger partial charge in [0.15, 0.2) is 5.75 Å². The number of rotatable bonds is 6. The number of phenolic OH excluding ortho intramolecular Hbond substituents is 2. The molecule has 3 N–H and O–H groups in total. The summed E-state index contributed by atoms with van der Waals surface area (Å²) in [5.74, 6) is -0.137. The van der Waals surface area contributed by atoms with E-state index in [1.165, 1.54) is 42.8 Å². The highest BCUT2D eigenvalue weighted by Gasteiger charge is 2.06. The number of hydrogen-bond donors (Lipinski definition) is 3. The fraction of sp³-hybridized carbons (Fsp3) is 0.125. The first-order valence-corrected chi connectivity index (χ1v) is 8.37. The predicted octanol–water partition coefficient (Wildman–Crippen LogP) is 1.46. The zero-order valence-corrected chi connectivity index (χ0v) is 13.6. The van der Waals surface area contributed by atoms with Crippen LogP contribution < -0.4 is 9.61 Å². The van der Waals surface area contributed by atoms with E-state index in [0.717, 1.165) is 0 Å². The maximum Gasteiger partial charge on any atom is 0.244 e. The fourth-order valence-corrected chi connectivity index (χ4v) is 2.29. The molecule has 2 rings (SSSR count). The lowest BCUT2D eigenvalue weighted by Gasteiger charge is -2.06. The van der Waals surface area contributed by atoms with Crippen LogP contribution in [0.5, 0.6) is 17.2 Å². The average Bonchev–Trinajstić information content (AvgIpc) is 2.49. The summed E-state index contributed by atoms with van der Waals surface area (Å²) >= 11 is -1.56. The highest BCUT2D eigenvalue weighted by atomic mass is 32.2. The van der Waals surface area contributed by atoms with E-state index < -0.39 is 11.1 Å². The van der Waals surface area contributed by atoms with E-state index in [1.54, 1.807) is 12.1 Å². The van der Waals surface area contributed by atoms with Crippen LogP contribution in [0.1, 0.15) is 11.1 Å². The van der Waals surface area contributed by atoms with Crippen LogP contribution in [0.3, 0.4) is 0 Å². The molecule has 0 saturated carbocycles.